The van der Waals surface area contributed by atoms with Gasteiger partial charge in [-0.1, -0.05) is 15.9 Å². The summed E-state index contributed by atoms with van der Waals surface area (Å²) in [5.74, 6) is 0. The van der Waals surface area contributed by atoms with Crippen LogP contribution in [-0.2, 0) is 0 Å². The number of nitrogens with one attached hydrogen (secondary N) is 1. The van der Waals surface area contributed by atoms with Crippen molar-refractivity contribution in [2.24, 2.45) is 0 Å². The first-order valence-corrected chi connectivity index (χ1v) is 8.94. The third-order valence-corrected chi connectivity index (χ3v) is 4.66. The summed E-state index contributed by atoms with van der Waals surface area (Å²) >= 11 is 3.44. The van der Waals surface area contributed by atoms with Gasteiger partial charge in [-0.05, 0) is 64.3 Å². The lowest BCUT2D eigenvalue weighted by Crippen LogP contribution is -2.50. The number of urea groups is 1. The fourth-order valence-electron chi connectivity index (χ4n) is 2.75. The minimum Gasteiger partial charge on any atom is -0.322 e. The molecule has 128 valence electrons. The van der Waals surface area contributed by atoms with Crippen molar-refractivity contribution in [3.8, 4) is 0 Å². The van der Waals surface area contributed by atoms with E-state index in [2.05, 4.69) is 45.1 Å². The zero-order valence-corrected chi connectivity index (χ0v) is 15.9. The summed E-state index contributed by atoms with van der Waals surface area (Å²) in [5, 5.41) is 3.02. The maximum Gasteiger partial charge on any atom is 0.321 e. The van der Waals surface area contributed by atoms with Crippen LogP contribution in [0.2, 0.25) is 0 Å². The number of piperazine rings is 1. The van der Waals surface area contributed by atoms with Crippen molar-refractivity contribution in [3.05, 3.63) is 28.2 Å². The first-order chi connectivity index (χ1) is 11.0. The molecule has 5 nitrogen and oxygen atoms in total. The van der Waals surface area contributed by atoms with E-state index in [4.69, 9.17) is 0 Å². The first-order valence-electron chi connectivity index (χ1n) is 8.15. The van der Waals surface area contributed by atoms with Crippen LogP contribution in [0.3, 0.4) is 0 Å². The Kier molecular flexibility index (Phi) is 6.87. The number of benzene rings is 1. The smallest absolute Gasteiger partial charge is 0.321 e. The fraction of sp³-hybridized carbons (Fsp3) is 0.588. The number of halogens is 1. The molecule has 0 radical (unpaired) electrons. The molecular weight excluding hydrogens is 356 g/mol. The zero-order chi connectivity index (χ0) is 16.8. The van der Waals surface area contributed by atoms with Gasteiger partial charge < -0.3 is 15.1 Å². The van der Waals surface area contributed by atoms with Crippen molar-refractivity contribution in [3.63, 3.8) is 0 Å². The topological polar surface area (TPSA) is 38.8 Å². The van der Waals surface area contributed by atoms with E-state index in [1.807, 2.05) is 30.0 Å². The molecule has 1 aliphatic heterocycles. The Hall–Kier alpha value is -1.11. The van der Waals surface area contributed by atoms with Crippen LogP contribution in [0.5, 0.6) is 0 Å². The molecule has 0 saturated carbocycles. The van der Waals surface area contributed by atoms with Gasteiger partial charge in [0.25, 0.3) is 0 Å². The van der Waals surface area contributed by atoms with Crippen molar-refractivity contribution in [1.82, 2.24) is 14.7 Å². The quantitative estimate of drug-likeness (QED) is 0.850. The third kappa shape index (κ3) is 5.79. The normalized spacial score (nSPS) is 16.0. The third-order valence-electron chi connectivity index (χ3n) is 4.17. The van der Waals surface area contributed by atoms with Gasteiger partial charge in [-0.25, -0.2) is 4.79 Å². The van der Waals surface area contributed by atoms with Gasteiger partial charge in [0, 0.05) is 36.3 Å². The molecule has 0 unspecified atom stereocenters. The number of carbonyl (C=O) groups is 1. The van der Waals surface area contributed by atoms with Crippen LogP contribution in [0.1, 0.15) is 12.0 Å². The molecule has 1 aliphatic rings. The van der Waals surface area contributed by atoms with Gasteiger partial charge in [-0.3, -0.25) is 4.90 Å². The predicted octanol–water partition coefficient (Wildman–Crippen LogP) is 2.86. The molecule has 1 heterocycles. The van der Waals surface area contributed by atoms with E-state index in [9.17, 15) is 4.79 Å². The second kappa shape index (κ2) is 8.66. The minimum absolute atomic E-state index is 0.00311. The number of nitrogens with zero attached hydrogens (tertiary/aromatic N) is 3. The van der Waals surface area contributed by atoms with E-state index in [-0.39, 0.29) is 6.03 Å². The standard InChI is InChI=1S/C17H27BrN4O/c1-14-13-15(18)5-6-16(14)19-17(23)22-11-9-21(10-12-22)8-4-7-20(2)3/h5-6,13H,4,7-12H2,1-3H3,(H,19,23). The predicted molar refractivity (Wildman–Crippen MR) is 99.1 cm³/mol. The Balaban J connectivity index is 1.77. The zero-order valence-electron chi connectivity index (χ0n) is 14.3. The van der Waals surface area contributed by atoms with Crippen LogP contribution in [0.4, 0.5) is 10.5 Å². The van der Waals surface area contributed by atoms with Crippen molar-refractivity contribution < 1.29 is 4.79 Å². The van der Waals surface area contributed by atoms with E-state index in [0.29, 0.717) is 0 Å². The summed E-state index contributed by atoms with van der Waals surface area (Å²) in [6.45, 7) is 7.74. The first kappa shape index (κ1) is 18.2. The molecule has 1 aromatic carbocycles. The second-order valence-electron chi connectivity index (χ2n) is 6.37. The highest BCUT2D eigenvalue weighted by atomic mass is 79.9. The highest BCUT2D eigenvalue weighted by Gasteiger charge is 2.21. The Morgan fingerprint density at radius 3 is 2.57 bits per heavy atom. The van der Waals surface area contributed by atoms with E-state index < -0.39 is 0 Å². The molecule has 0 aromatic heterocycles. The maximum absolute atomic E-state index is 12.4. The SMILES string of the molecule is Cc1cc(Br)ccc1NC(=O)N1CCN(CCCN(C)C)CC1. The van der Waals surface area contributed by atoms with E-state index in [1.54, 1.807) is 0 Å². The largest absolute Gasteiger partial charge is 0.322 e. The van der Waals surface area contributed by atoms with Crippen LogP contribution >= 0.6 is 15.9 Å². The molecule has 1 aromatic rings. The molecule has 2 rings (SSSR count). The molecule has 0 spiro atoms. The monoisotopic (exact) mass is 382 g/mol. The highest BCUT2D eigenvalue weighted by Crippen LogP contribution is 2.20. The molecular formula is C17H27BrN4O. The number of aryl methyl sites for hydroxylation is 1. The average Bonchev–Trinajstić information content (AvgIpc) is 2.50. The average molecular weight is 383 g/mol. The maximum atomic E-state index is 12.4. The summed E-state index contributed by atoms with van der Waals surface area (Å²) < 4.78 is 1.03. The van der Waals surface area contributed by atoms with Crippen LogP contribution in [0.15, 0.2) is 22.7 Å². The van der Waals surface area contributed by atoms with Gasteiger partial charge in [0.05, 0.1) is 0 Å². The fourth-order valence-corrected chi connectivity index (χ4v) is 3.22. The Morgan fingerprint density at radius 1 is 1.26 bits per heavy atom. The van der Waals surface area contributed by atoms with E-state index >= 15 is 0 Å². The van der Waals surface area contributed by atoms with E-state index in [0.717, 1.165) is 55.0 Å². The summed E-state index contributed by atoms with van der Waals surface area (Å²) in [6.07, 6.45) is 1.18. The van der Waals surface area contributed by atoms with Gasteiger partial charge in [-0.2, -0.15) is 0 Å². The number of amides is 2. The lowest BCUT2D eigenvalue weighted by molar-refractivity contribution is 0.144. The van der Waals surface area contributed by atoms with Crippen LogP contribution in [-0.4, -0.2) is 74.1 Å². The molecule has 23 heavy (non-hydrogen) atoms. The van der Waals surface area contributed by atoms with Crippen molar-refractivity contribution in [2.75, 3.05) is 58.7 Å². The van der Waals surface area contributed by atoms with Gasteiger partial charge >= 0.3 is 6.03 Å². The molecule has 0 aliphatic carbocycles. The molecule has 2 amide bonds. The van der Waals surface area contributed by atoms with E-state index in [1.165, 1.54) is 6.42 Å². The number of rotatable bonds is 5. The summed E-state index contributed by atoms with van der Waals surface area (Å²) in [7, 11) is 4.21. The summed E-state index contributed by atoms with van der Waals surface area (Å²) in [4.78, 5) is 19.0. The van der Waals surface area contributed by atoms with Gasteiger partial charge in [0.15, 0.2) is 0 Å². The molecule has 6 heteroatoms. The molecule has 1 saturated heterocycles. The minimum atomic E-state index is 0.00311. The molecule has 0 atom stereocenters. The molecule has 1 N–H and O–H groups in total. The van der Waals surface area contributed by atoms with Crippen LogP contribution in [0.25, 0.3) is 0 Å². The van der Waals surface area contributed by atoms with Crippen LogP contribution in [0, 0.1) is 6.92 Å². The Bertz CT molecular complexity index is 527. The Morgan fingerprint density at radius 2 is 1.96 bits per heavy atom. The molecule has 0 bridgehead atoms. The van der Waals surface area contributed by atoms with Gasteiger partial charge in [0.2, 0.25) is 0 Å². The molecule has 1 fully saturated rings. The van der Waals surface area contributed by atoms with Crippen LogP contribution < -0.4 is 5.32 Å². The lowest BCUT2D eigenvalue weighted by Gasteiger charge is -2.35. The van der Waals surface area contributed by atoms with Crippen molar-refractivity contribution >= 4 is 27.6 Å². The van der Waals surface area contributed by atoms with Gasteiger partial charge in [-0.15, -0.1) is 0 Å². The summed E-state index contributed by atoms with van der Waals surface area (Å²) in [6, 6.07) is 5.90. The van der Waals surface area contributed by atoms with Crippen molar-refractivity contribution in [1.29, 1.82) is 0 Å². The number of hydrogen-bond donors (Lipinski definition) is 1. The summed E-state index contributed by atoms with van der Waals surface area (Å²) in [5.41, 5.74) is 1.95. The van der Waals surface area contributed by atoms with Gasteiger partial charge in [0.1, 0.15) is 0 Å². The lowest BCUT2D eigenvalue weighted by atomic mass is 10.2. The van der Waals surface area contributed by atoms with Crippen molar-refractivity contribution in [2.45, 2.75) is 13.3 Å². The number of anilines is 1. The highest BCUT2D eigenvalue weighted by molar-refractivity contribution is 9.10. The number of hydrogen-bond acceptors (Lipinski definition) is 3. The number of carbonyl (C=O) groups excluding carboxylic acids is 1. The Labute approximate surface area is 147 Å². The second-order valence-corrected chi connectivity index (χ2v) is 7.29.